The Bertz CT molecular complexity index is 643. The number of aromatic nitrogens is 1. The lowest BCUT2D eigenvalue weighted by Gasteiger charge is -2.22. The van der Waals surface area contributed by atoms with Gasteiger partial charge in [0.15, 0.2) is 0 Å². The molecule has 4 heteroatoms. The zero-order valence-electron chi connectivity index (χ0n) is 10.6. The summed E-state index contributed by atoms with van der Waals surface area (Å²) in [6, 6.07) is 5.23. The van der Waals surface area contributed by atoms with Gasteiger partial charge in [-0.1, -0.05) is 12.1 Å². The molecule has 1 aromatic carbocycles. The van der Waals surface area contributed by atoms with Crippen molar-refractivity contribution in [2.24, 2.45) is 5.73 Å². The summed E-state index contributed by atoms with van der Waals surface area (Å²) in [5.74, 6) is -0.131. The number of benzene rings is 1. The van der Waals surface area contributed by atoms with Crippen LogP contribution in [-0.2, 0) is 24.8 Å². The number of nitrogens with two attached hydrogens (primary N) is 1. The maximum Gasteiger partial charge on any atom is 0.126 e. The number of nitrogens with zero attached hydrogens (tertiary/aromatic N) is 1. The summed E-state index contributed by atoms with van der Waals surface area (Å²) < 4.78 is 13.8. The molecule has 0 fully saturated rings. The molecular weight excluding hydrogens is 259 g/mol. The maximum atomic E-state index is 13.8. The van der Waals surface area contributed by atoms with Crippen LogP contribution < -0.4 is 5.73 Å². The Morgan fingerprint density at radius 1 is 1.26 bits per heavy atom. The molecule has 1 atom stereocenters. The second-order valence-electron chi connectivity index (χ2n) is 5.48. The molecule has 0 amide bonds. The smallest absolute Gasteiger partial charge is 0.126 e. The first-order chi connectivity index (χ1) is 9.18. The Morgan fingerprint density at radius 2 is 2.16 bits per heavy atom. The first kappa shape index (κ1) is 11.6. The first-order valence-electron chi connectivity index (χ1n) is 6.74. The number of thiazole rings is 1. The molecular formula is C15H15FN2S. The SMILES string of the molecule is NC1(c2nc3c(s2)CCC3)CCc2c(F)cccc21. The summed E-state index contributed by atoms with van der Waals surface area (Å²) in [6.07, 6.45) is 4.87. The quantitative estimate of drug-likeness (QED) is 0.868. The summed E-state index contributed by atoms with van der Waals surface area (Å²) in [6.45, 7) is 0. The first-order valence-corrected chi connectivity index (χ1v) is 7.56. The van der Waals surface area contributed by atoms with E-state index >= 15 is 0 Å². The molecule has 2 aliphatic rings. The molecule has 2 nitrogen and oxygen atoms in total. The van der Waals surface area contributed by atoms with E-state index < -0.39 is 5.54 Å². The molecule has 19 heavy (non-hydrogen) atoms. The van der Waals surface area contributed by atoms with Gasteiger partial charge in [0.25, 0.3) is 0 Å². The third kappa shape index (κ3) is 1.53. The number of hydrogen-bond acceptors (Lipinski definition) is 3. The minimum atomic E-state index is -0.577. The van der Waals surface area contributed by atoms with Crippen molar-refractivity contribution >= 4 is 11.3 Å². The Kier molecular flexibility index (Phi) is 2.35. The van der Waals surface area contributed by atoms with Crippen LogP contribution in [0, 0.1) is 5.82 Å². The fraction of sp³-hybridized carbons (Fsp3) is 0.400. The van der Waals surface area contributed by atoms with Crippen molar-refractivity contribution in [2.75, 3.05) is 0 Å². The van der Waals surface area contributed by atoms with E-state index in [1.54, 1.807) is 17.4 Å². The summed E-state index contributed by atoms with van der Waals surface area (Å²) in [5, 5.41) is 0.974. The molecule has 98 valence electrons. The number of halogens is 1. The summed E-state index contributed by atoms with van der Waals surface area (Å²) in [5.41, 5.74) is 8.95. The van der Waals surface area contributed by atoms with Crippen LogP contribution in [0.1, 0.15) is 39.5 Å². The second kappa shape index (κ2) is 3.87. The molecule has 0 radical (unpaired) electrons. The van der Waals surface area contributed by atoms with Gasteiger partial charge in [-0.25, -0.2) is 9.37 Å². The fourth-order valence-electron chi connectivity index (χ4n) is 3.29. The minimum absolute atomic E-state index is 0.131. The highest BCUT2D eigenvalue weighted by atomic mass is 32.1. The number of fused-ring (bicyclic) bond motifs is 2. The van der Waals surface area contributed by atoms with Crippen LogP contribution in [0.4, 0.5) is 4.39 Å². The van der Waals surface area contributed by atoms with Crippen molar-refractivity contribution < 1.29 is 4.39 Å². The Morgan fingerprint density at radius 3 is 3.00 bits per heavy atom. The zero-order chi connectivity index (χ0) is 13.0. The van der Waals surface area contributed by atoms with Crippen molar-refractivity contribution in [3.63, 3.8) is 0 Å². The molecule has 2 N–H and O–H groups in total. The van der Waals surface area contributed by atoms with E-state index in [9.17, 15) is 4.39 Å². The normalized spacial score (nSPS) is 24.5. The van der Waals surface area contributed by atoms with E-state index in [0.717, 1.165) is 35.4 Å². The van der Waals surface area contributed by atoms with Gasteiger partial charge in [0.2, 0.25) is 0 Å². The predicted octanol–water partition coefficient (Wildman–Crippen LogP) is 2.92. The molecule has 0 bridgehead atoms. The van der Waals surface area contributed by atoms with Gasteiger partial charge in [-0.15, -0.1) is 11.3 Å². The average molecular weight is 274 g/mol. The van der Waals surface area contributed by atoms with Crippen LogP contribution in [0.15, 0.2) is 18.2 Å². The standard InChI is InChI=1S/C15H15FN2S/c16-11-4-1-3-10-9(11)7-8-15(10,17)14-18-12-5-2-6-13(12)19-14/h1,3-4H,2,5-8,17H2. The van der Waals surface area contributed by atoms with Gasteiger partial charge in [-0.3, -0.25) is 0 Å². The third-order valence-electron chi connectivity index (χ3n) is 4.35. The lowest BCUT2D eigenvalue weighted by molar-refractivity contribution is 0.529. The van der Waals surface area contributed by atoms with Crippen LogP contribution >= 0.6 is 11.3 Å². The zero-order valence-corrected chi connectivity index (χ0v) is 11.4. The van der Waals surface area contributed by atoms with Gasteiger partial charge in [0.05, 0.1) is 11.2 Å². The maximum absolute atomic E-state index is 13.8. The van der Waals surface area contributed by atoms with Gasteiger partial charge in [0.1, 0.15) is 10.8 Å². The second-order valence-corrected chi connectivity index (χ2v) is 6.56. The highest BCUT2D eigenvalue weighted by Crippen LogP contribution is 2.43. The largest absolute Gasteiger partial charge is 0.316 e. The minimum Gasteiger partial charge on any atom is -0.316 e. The lowest BCUT2D eigenvalue weighted by atomic mass is 9.94. The fourth-order valence-corrected chi connectivity index (χ4v) is 4.59. The van der Waals surface area contributed by atoms with Crippen molar-refractivity contribution in [2.45, 2.75) is 37.6 Å². The molecule has 0 spiro atoms. The Hall–Kier alpha value is -1.26. The van der Waals surface area contributed by atoms with Gasteiger partial charge < -0.3 is 5.73 Å². The van der Waals surface area contributed by atoms with E-state index in [2.05, 4.69) is 0 Å². The molecule has 0 saturated heterocycles. The van der Waals surface area contributed by atoms with E-state index in [0.29, 0.717) is 6.42 Å². The lowest BCUT2D eigenvalue weighted by Crippen LogP contribution is -2.35. The van der Waals surface area contributed by atoms with E-state index in [1.807, 2.05) is 6.07 Å². The molecule has 2 aromatic rings. The van der Waals surface area contributed by atoms with Crippen LogP contribution in [0.2, 0.25) is 0 Å². The predicted molar refractivity (Wildman–Crippen MR) is 73.8 cm³/mol. The summed E-state index contributed by atoms with van der Waals surface area (Å²) >= 11 is 1.73. The molecule has 1 aromatic heterocycles. The van der Waals surface area contributed by atoms with Crippen LogP contribution in [0.25, 0.3) is 0 Å². The van der Waals surface area contributed by atoms with Crippen molar-refractivity contribution in [3.8, 4) is 0 Å². The molecule has 1 heterocycles. The molecule has 2 aliphatic carbocycles. The number of rotatable bonds is 1. The van der Waals surface area contributed by atoms with Crippen molar-refractivity contribution in [3.05, 3.63) is 50.7 Å². The van der Waals surface area contributed by atoms with Crippen molar-refractivity contribution in [1.29, 1.82) is 0 Å². The monoisotopic (exact) mass is 274 g/mol. The third-order valence-corrected chi connectivity index (χ3v) is 5.68. The summed E-state index contributed by atoms with van der Waals surface area (Å²) in [7, 11) is 0. The number of aryl methyl sites for hydroxylation is 2. The van der Waals surface area contributed by atoms with Gasteiger partial charge in [-0.05, 0) is 49.3 Å². The van der Waals surface area contributed by atoms with Crippen LogP contribution in [0.3, 0.4) is 0 Å². The average Bonchev–Trinajstić information content (AvgIpc) is 3.03. The highest BCUT2D eigenvalue weighted by molar-refractivity contribution is 7.12. The van der Waals surface area contributed by atoms with Gasteiger partial charge >= 0.3 is 0 Å². The van der Waals surface area contributed by atoms with Crippen LogP contribution in [0.5, 0.6) is 0 Å². The van der Waals surface area contributed by atoms with E-state index in [4.69, 9.17) is 10.7 Å². The topological polar surface area (TPSA) is 38.9 Å². The molecule has 0 aliphatic heterocycles. The molecule has 4 rings (SSSR count). The number of hydrogen-bond donors (Lipinski definition) is 1. The van der Waals surface area contributed by atoms with Crippen molar-refractivity contribution in [1.82, 2.24) is 4.98 Å². The molecule has 0 saturated carbocycles. The van der Waals surface area contributed by atoms with Gasteiger partial charge in [0, 0.05) is 4.88 Å². The van der Waals surface area contributed by atoms with Crippen LogP contribution in [-0.4, -0.2) is 4.98 Å². The van der Waals surface area contributed by atoms with E-state index in [-0.39, 0.29) is 5.82 Å². The Balaban J connectivity index is 1.85. The molecule has 1 unspecified atom stereocenters. The highest BCUT2D eigenvalue weighted by Gasteiger charge is 2.41. The Labute approximate surface area is 115 Å². The summed E-state index contributed by atoms with van der Waals surface area (Å²) in [4.78, 5) is 6.12. The van der Waals surface area contributed by atoms with Gasteiger partial charge in [-0.2, -0.15) is 0 Å². The van der Waals surface area contributed by atoms with E-state index in [1.165, 1.54) is 23.1 Å².